The van der Waals surface area contributed by atoms with Gasteiger partial charge in [0.2, 0.25) is 0 Å². The molecule has 0 aromatic heterocycles. The van der Waals surface area contributed by atoms with Gasteiger partial charge in [0.1, 0.15) is 0 Å². The maximum Gasteiger partial charge on any atom is 0.0616 e. The Labute approximate surface area is 211 Å². The zero-order valence-electron chi connectivity index (χ0n) is 23.8. The van der Waals surface area contributed by atoms with Crippen LogP contribution in [0.2, 0.25) is 0 Å². The van der Waals surface area contributed by atoms with Crippen LogP contribution in [-0.2, 0) is 4.74 Å². The lowest BCUT2D eigenvalue weighted by Crippen LogP contribution is -2.50. The van der Waals surface area contributed by atoms with Crippen molar-refractivity contribution in [2.75, 3.05) is 6.61 Å². The molecule has 34 heavy (non-hydrogen) atoms. The second-order valence-corrected chi connectivity index (χ2v) is 14.3. The first-order valence-corrected chi connectivity index (χ1v) is 15.0. The number of fused-ring (bicyclic) bond motifs is 7. The highest BCUT2D eigenvalue weighted by atomic mass is 16.5. The molecule has 10 atom stereocenters. The van der Waals surface area contributed by atoms with Crippen molar-refractivity contribution in [3.63, 3.8) is 0 Å². The molecule has 0 bridgehead atoms. The normalized spacial score (nSPS) is 46.3. The predicted octanol–water partition coefficient (Wildman–Crippen LogP) is 8.43. The van der Waals surface area contributed by atoms with Gasteiger partial charge in [0, 0.05) is 6.61 Å². The summed E-state index contributed by atoms with van der Waals surface area (Å²) in [6.45, 7) is 19.1. The van der Waals surface area contributed by atoms with E-state index in [0.29, 0.717) is 41.0 Å². The Morgan fingerprint density at radius 1 is 1.06 bits per heavy atom. The van der Waals surface area contributed by atoms with Crippen LogP contribution in [-0.4, -0.2) is 23.9 Å². The lowest BCUT2D eigenvalue weighted by Gasteiger charge is -2.59. The van der Waals surface area contributed by atoms with Gasteiger partial charge in [-0.1, -0.05) is 67.0 Å². The van der Waals surface area contributed by atoms with Gasteiger partial charge >= 0.3 is 0 Å². The first kappa shape index (κ1) is 26.7. The SMILES string of the molecule is CC.CC(CO)CC[C@@H]1CC2C(CC3C4CC=C5CC(C(C)(C)C)CCC5(C)C4CCC23C)O1. The minimum Gasteiger partial charge on any atom is -0.396 e. The van der Waals surface area contributed by atoms with Gasteiger partial charge in [0.15, 0.2) is 0 Å². The van der Waals surface area contributed by atoms with Crippen LogP contribution in [0.1, 0.15) is 120 Å². The molecule has 0 spiro atoms. The van der Waals surface area contributed by atoms with Crippen LogP contribution in [0.4, 0.5) is 0 Å². The molecule has 5 aliphatic rings. The van der Waals surface area contributed by atoms with Crippen molar-refractivity contribution in [2.45, 2.75) is 132 Å². The second-order valence-electron chi connectivity index (χ2n) is 14.3. The third-order valence-corrected chi connectivity index (χ3v) is 11.7. The summed E-state index contributed by atoms with van der Waals surface area (Å²) < 4.78 is 6.70. The van der Waals surface area contributed by atoms with Gasteiger partial charge in [-0.2, -0.15) is 0 Å². The fraction of sp³-hybridized carbons (Fsp3) is 0.938. The summed E-state index contributed by atoms with van der Waals surface area (Å²) >= 11 is 0. The average molecular weight is 473 g/mol. The number of aliphatic hydroxyl groups excluding tert-OH is 1. The Morgan fingerprint density at radius 2 is 1.79 bits per heavy atom. The number of aliphatic hydroxyl groups is 1. The van der Waals surface area contributed by atoms with Gasteiger partial charge in [0.25, 0.3) is 0 Å². The Balaban J connectivity index is 0.00000133. The maximum atomic E-state index is 9.39. The van der Waals surface area contributed by atoms with E-state index in [1.807, 2.05) is 19.4 Å². The van der Waals surface area contributed by atoms with Crippen molar-refractivity contribution in [3.8, 4) is 0 Å². The molecule has 2 heteroatoms. The predicted molar refractivity (Wildman–Crippen MR) is 144 cm³/mol. The number of hydrogen-bond acceptors (Lipinski definition) is 2. The topological polar surface area (TPSA) is 29.5 Å². The molecule has 5 rings (SSSR count). The molecular formula is C32H56O2. The van der Waals surface area contributed by atoms with Crippen LogP contribution in [0.15, 0.2) is 11.6 Å². The summed E-state index contributed by atoms with van der Waals surface area (Å²) in [5, 5.41) is 9.39. The number of hydrogen-bond donors (Lipinski definition) is 1. The molecule has 4 fully saturated rings. The van der Waals surface area contributed by atoms with E-state index in [0.717, 1.165) is 42.4 Å². The fourth-order valence-electron chi connectivity index (χ4n) is 9.40. The molecule has 1 aliphatic heterocycles. The van der Waals surface area contributed by atoms with Crippen LogP contribution < -0.4 is 0 Å². The molecular weight excluding hydrogens is 416 g/mol. The van der Waals surface area contributed by atoms with Crippen LogP contribution >= 0.6 is 0 Å². The van der Waals surface area contributed by atoms with Crippen LogP contribution in [0.5, 0.6) is 0 Å². The molecule has 0 aromatic carbocycles. The van der Waals surface area contributed by atoms with Gasteiger partial charge in [-0.05, 0) is 116 Å². The number of allylic oxidation sites excluding steroid dienone is 2. The number of rotatable bonds is 4. The fourth-order valence-corrected chi connectivity index (χ4v) is 9.40. The molecule has 1 heterocycles. The van der Waals surface area contributed by atoms with Gasteiger partial charge in [-0.15, -0.1) is 0 Å². The summed E-state index contributed by atoms with van der Waals surface area (Å²) in [5.41, 5.74) is 3.23. The quantitative estimate of drug-likeness (QED) is 0.416. The van der Waals surface area contributed by atoms with E-state index in [9.17, 15) is 5.11 Å². The van der Waals surface area contributed by atoms with Crippen LogP contribution in [0.25, 0.3) is 0 Å². The molecule has 0 aromatic rings. The summed E-state index contributed by atoms with van der Waals surface area (Å²) in [7, 11) is 0. The van der Waals surface area contributed by atoms with Crippen molar-refractivity contribution < 1.29 is 9.84 Å². The van der Waals surface area contributed by atoms with E-state index < -0.39 is 0 Å². The zero-order chi connectivity index (χ0) is 24.9. The molecule has 0 amide bonds. The first-order chi connectivity index (χ1) is 16.1. The lowest BCUT2D eigenvalue weighted by molar-refractivity contribution is -0.0501. The van der Waals surface area contributed by atoms with Crippen molar-refractivity contribution in [3.05, 3.63) is 11.6 Å². The highest BCUT2D eigenvalue weighted by Crippen LogP contribution is 2.69. The molecule has 1 N–H and O–H groups in total. The third-order valence-electron chi connectivity index (χ3n) is 11.7. The molecule has 3 saturated carbocycles. The Bertz CT molecular complexity index is 734. The number of ether oxygens (including phenoxy) is 1. The van der Waals surface area contributed by atoms with E-state index in [1.165, 1.54) is 51.4 Å². The smallest absolute Gasteiger partial charge is 0.0616 e. The Kier molecular flexibility index (Phi) is 7.74. The molecule has 4 aliphatic carbocycles. The minimum atomic E-state index is 0.313. The molecule has 1 saturated heterocycles. The molecule has 0 radical (unpaired) electrons. The van der Waals surface area contributed by atoms with Crippen LogP contribution in [0, 0.1) is 51.8 Å². The van der Waals surface area contributed by atoms with Crippen molar-refractivity contribution >= 4 is 0 Å². The average Bonchev–Trinajstić information content (AvgIpc) is 3.34. The van der Waals surface area contributed by atoms with Crippen molar-refractivity contribution in [2.24, 2.45) is 51.8 Å². The minimum absolute atomic E-state index is 0.313. The van der Waals surface area contributed by atoms with Crippen LogP contribution in [0.3, 0.4) is 0 Å². The Morgan fingerprint density at radius 3 is 2.47 bits per heavy atom. The van der Waals surface area contributed by atoms with Gasteiger partial charge in [-0.3, -0.25) is 0 Å². The van der Waals surface area contributed by atoms with E-state index in [1.54, 1.807) is 0 Å². The molecule has 2 nitrogen and oxygen atoms in total. The summed E-state index contributed by atoms with van der Waals surface area (Å²) in [5.74, 6) is 4.70. The maximum absolute atomic E-state index is 9.39. The lowest BCUT2D eigenvalue weighted by atomic mass is 9.46. The van der Waals surface area contributed by atoms with E-state index in [2.05, 4.69) is 47.6 Å². The highest BCUT2D eigenvalue weighted by Gasteiger charge is 2.63. The molecule has 9 unspecified atom stereocenters. The monoisotopic (exact) mass is 472 g/mol. The van der Waals surface area contributed by atoms with Gasteiger partial charge in [0.05, 0.1) is 12.2 Å². The Hall–Kier alpha value is -0.340. The third kappa shape index (κ3) is 4.46. The standard InChI is InChI=1S/C30H50O2.C2H6/c1-19(18-31)7-9-22-16-26-27(32-22)17-25-23-10-8-21-15-20(28(2,3)4)11-13-29(21,5)24(23)12-14-30(25,26)6;1-2/h8,19-20,22-27,31H,7,9-18H2,1-6H3;1-2H3/t19?,20?,22-,23?,24?,25?,26?,27?,29?,30?;/m1./s1. The molecule has 196 valence electrons. The summed E-state index contributed by atoms with van der Waals surface area (Å²) in [6, 6.07) is 0. The second kappa shape index (κ2) is 9.85. The van der Waals surface area contributed by atoms with Gasteiger partial charge < -0.3 is 9.84 Å². The first-order valence-electron chi connectivity index (χ1n) is 15.0. The zero-order valence-corrected chi connectivity index (χ0v) is 23.8. The van der Waals surface area contributed by atoms with Crippen molar-refractivity contribution in [1.29, 1.82) is 0 Å². The van der Waals surface area contributed by atoms with Crippen molar-refractivity contribution in [1.82, 2.24) is 0 Å². The van der Waals surface area contributed by atoms with Gasteiger partial charge in [-0.25, -0.2) is 0 Å². The summed E-state index contributed by atoms with van der Waals surface area (Å²) in [6.07, 6.45) is 16.9. The van der Waals surface area contributed by atoms with E-state index in [-0.39, 0.29) is 0 Å². The largest absolute Gasteiger partial charge is 0.396 e. The summed E-state index contributed by atoms with van der Waals surface area (Å²) in [4.78, 5) is 0. The highest BCUT2D eigenvalue weighted by molar-refractivity contribution is 5.26. The van der Waals surface area contributed by atoms with E-state index >= 15 is 0 Å². The van der Waals surface area contributed by atoms with E-state index in [4.69, 9.17) is 4.74 Å².